The zero-order valence-electron chi connectivity index (χ0n) is 9.62. The number of nitrogens with zero attached hydrogens (tertiary/aromatic N) is 3. The van der Waals surface area contributed by atoms with E-state index in [-0.39, 0.29) is 0 Å². The maximum absolute atomic E-state index is 5.78. The third-order valence-electron chi connectivity index (χ3n) is 2.38. The maximum Gasteiger partial charge on any atom is 0.0764 e. The van der Waals surface area contributed by atoms with Gasteiger partial charge in [0.25, 0.3) is 0 Å². The Morgan fingerprint density at radius 2 is 2.27 bits per heavy atom. The Hall–Kier alpha value is -0.540. The molecule has 0 radical (unpaired) electrons. The van der Waals surface area contributed by atoms with Crippen LogP contribution in [-0.2, 0) is 13.6 Å². The van der Waals surface area contributed by atoms with E-state index in [4.69, 9.17) is 11.6 Å². The monoisotopic (exact) mass is 229 g/mol. The lowest BCUT2D eigenvalue weighted by Crippen LogP contribution is -2.26. The van der Waals surface area contributed by atoms with E-state index in [2.05, 4.69) is 23.0 Å². The van der Waals surface area contributed by atoms with Crippen molar-refractivity contribution in [1.82, 2.24) is 14.7 Å². The van der Waals surface area contributed by atoms with Gasteiger partial charge < -0.3 is 0 Å². The van der Waals surface area contributed by atoms with E-state index in [0.717, 1.165) is 25.3 Å². The fraction of sp³-hybridized carbons (Fsp3) is 0.727. The molecule has 0 bridgehead atoms. The Bertz CT molecular complexity index is 273. The van der Waals surface area contributed by atoms with Crippen molar-refractivity contribution < 1.29 is 0 Å². The number of hydrogen-bond acceptors (Lipinski definition) is 2. The second kappa shape index (κ2) is 6.85. The number of aromatic nitrogens is 2. The van der Waals surface area contributed by atoms with Crippen molar-refractivity contribution in [2.24, 2.45) is 7.05 Å². The minimum absolute atomic E-state index is 0.691. The molecular formula is C11H20ClN3. The van der Waals surface area contributed by atoms with Crippen LogP contribution in [0.4, 0.5) is 0 Å². The molecule has 0 aromatic carbocycles. The van der Waals surface area contributed by atoms with Crippen molar-refractivity contribution in [3.05, 3.63) is 18.0 Å². The SMILES string of the molecule is CCCCN(CCCl)Cc1ccn(C)n1. The summed E-state index contributed by atoms with van der Waals surface area (Å²) in [6.45, 7) is 5.17. The van der Waals surface area contributed by atoms with Gasteiger partial charge in [0, 0.05) is 32.2 Å². The molecule has 0 saturated carbocycles. The van der Waals surface area contributed by atoms with E-state index in [1.165, 1.54) is 12.8 Å². The van der Waals surface area contributed by atoms with E-state index in [1.807, 2.05) is 17.9 Å². The number of aryl methyl sites for hydroxylation is 1. The van der Waals surface area contributed by atoms with Gasteiger partial charge in [0.05, 0.1) is 5.69 Å². The summed E-state index contributed by atoms with van der Waals surface area (Å²) in [5.41, 5.74) is 1.12. The van der Waals surface area contributed by atoms with Crippen LogP contribution in [0.1, 0.15) is 25.5 Å². The van der Waals surface area contributed by atoms with Crippen LogP contribution >= 0.6 is 11.6 Å². The molecule has 0 saturated heterocycles. The molecule has 4 heteroatoms. The first kappa shape index (κ1) is 12.5. The lowest BCUT2D eigenvalue weighted by Gasteiger charge is -2.19. The summed E-state index contributed by atoms with van der Waals surface area (Å²) >= 11 is 5.78. The van der Waals surface area contributed by atoms with Crippen molar-refractivity contribution >= 4 is 11.6 Å². The van der Waals surface area contributed by atoms with E-state index < -0.39 is 0 Å². The van der Waals surface area contributed by atoms with E-state index in [0.29, 0.717) is 5.88 Å². The molecule has 0 spiro atoms. The summed E-state index contributed by atoms with van der Waals surface area (Å²) in [5, 5.41) is 4.37. The molecule has 3 nitrogen and oxygen atoms in total. The van der Waals surface area contributed by atoms with Gasteiger partial charge in [-0.05, 0) is 19.0 Å². The zero-order chi connectivity index (χ0) is 11.1. The minimum atomic E-state index is 0.691. The lowest BCUT2D eigenvalue weighted by molar-refractivity contribution is 0.273. The third kappa shape index (κ3) is 4.67. The molecule has 15 heavy (non-hydrogen) atoms. The van der Waals surface area contributed by atoms with Gasteiger partial charge in [-0.25, -0.2) is 0 Å². The van der Waals surface area contributed by atoms with Crippen molar-refractivity contribution in [1.29, 1.82) is 0 Å². The van der Waals surface area contributed by atoms with Gasteiger partial charge in [0.15, 0.2) is 0 Å². The first-order chi connectivity index (χ1) is 7.26. The summed E-state index contributed by atoms with van der Waals surface area (Å²) in [6, 6.07) is 2.06. The molecule has 0 fully saturated rings. The molecule has 0 aliphatic rings. The molecule has 1 aromatic heterocycles. The first-order valence-corrected chi connectivity index (χ1v) is 6.06. The normalized spacial score (nSPS) is 11.2. The van der Waals surface area contributed by atoms with Crippen LogP contribution in [0.2, 0.25) is 0 Å². The predicted octanol–water partition coefficient (Wildman–Crippen LogP) is 2.26. The third-order valence-corrected chi connectivity index (χ3v) is 2.55. The number of hydrogen-bond donors (Lipinski definition) is 0. The van der Waals surface area contributed by atoms with Gasteiger partial charge >= 0.3 is 0 Å². The Labute approximate surface area is 97.0 Å². The van der Waals surface area contributed by atoms with Crippen LogP contribution < -0.4 is 0 Å². The average molecular weight is 230 g/mol. The minimum Gasteiger partial charge on any atom is -0.296 e. The highest BCUT2D eigenvalue weighted by Crippen LogP contribution is 2.03. The summed E-state index contributed by atoms with van der Waals surface area (Å²) in [6.07, 6.45) is 4.43. The molecule has 0 amide bonds. The Morgan fingerprint density at radius 1 is 1.47 bits per heavy atom. The van der Waals surface area contributed by atoms with Crippen LogP contribution in [0.15, 0.2) is 12.3 Å². The van der Waals surface area contributed by atoms with Crippen LogP contribution in [0.5, 0.6) is 0 Å². The lowest BCUT2D eigenvalue weighted by atomic mass is 10.3. The topological polar surface area (TPSA) is 21.1 Å². The molecule has 0 aliphatic carbocycles. The molecule has 1 aromatic rings. The number of rotatable bonds is 7. The standard InChI is InChI=1S/C11H20ClN3/c1-3-4-7-15(9-6-12)10-11-5-8-14(2)13-11/h5,8H,3-4,6-7,9-10H2,1-2H3. The fourth-order valence-corrected chi connectivity index (χ4v) is 1.79. The van der Waals surface area contributed by atoms with Crippen molar-refractivity contribution in [2.45, 2.75) is 26.3 Å². The number of alkyl halides is 1. The summed E-state index contributed by atoms with van der Waals surface area (Å²) in [4.78, 5) is 2.36. The molecule has 0 unspecified atom stereocenters. The number of halogens is 1. The van der Waals surface area contributed by atoms with Gasteiger partial charge in [-0.2, -0.15) is 5.10 Å². The fourth-order valence-electron chi connectivity index (χ4n) is 1.55. The predicted molar refractivity (Wildman–Crippen MR) is 64.1 cm³/mol. The highest BCUT2D eigenvalue weighted by Gasteiger charge is 2.06. The molecule has 1 heterocycles. The smallest absolute Gasteiger partial charge is 0.0764 e. The van der Waals surface area contributed by atoms with Gasteiger partial charge in [0.2, 0.25) is 0 Å². The van der Waals surface area contributed by atoms with Crippen molar-refractivity contribution in [3.63, 3.8) is 0 Å². The Morgan fingerprint density at radius 3 is 2.80 bits per heavy atom. The Balaban J connectivity index is 2.42. The van der Waals surface area contributed by atoms with Gasteiger partial charge in [-0.3, -0.25) is 9.58 Å². The summed E-state index contributed by atoms with van der Waals surface area (Å²) in [5.74, 6) is 0.691. The molecule has 0 atom stereocenters. The van der Waals surface area contributed by atoms with Crippen LogP contribution in [0, 0.1) is 0 Å². The van der Waals surface area contributed by atoms with Crippen LogP contribution in [0.3, 0.4) is 0 Å². The second-order valence-corrected chi connectivity index (χ2v) is 4.18. The molecule has 1 rings (SSSR count). The van der Waals surface area contributed by atoms with Gasteiger partial charge in [-0.1, -0.05) is 13.3 Å². The summed E-state index contributed by atoms with van der Waals surface area (Å²) < 4.78 is 1.84. The summed E-state index contributed by atoms with van der Waals surface area (Å²) in [7, 11) is 1.95. The largest absolute Gasteiger partial charge is 0.296 e. The van der Waals surface area contributed by atoms with Crippen LogP contribution in [0.25, 0.3) is 0 Å². The second-order valence-electron chi connectivity index (χ2n) is 3.80. The molecule has 0 N–H and O–H groups in total. The molecular weight excluding hydrogens is 210 g/mol. The molecule has 86 valence electrons. The first-order valence-electron chi connectivity index (χ1n) is 5.53. The van der Waals surface area contributed by atoms with Crippen LogP contribution in [-0.4, -0.2) is 33.6 Å². The van der Waals surface area contributed by atoms with E-state index >= 15 is 0 Å². The maximum atomic E-state index is 5.78. The quantitative estimate of drug-likeness (QED) is 0.669. The van der Waals surface area contributed by atoms with E-state index in [9.17, 15) is 0 Å². The molecule has 0 aliphatic heterocycles. The van der Waals surface area contributed by atoms with Crippen molar-refractivity contribution in [2.75, 3.05) is 19.0 Å². The van der Waals surface area contributed by atoms with Gasteiger partial charge in [0.1, 0.15) is 0 Å². The Kier molecular flexibility index (Phi) is 5.73. The van der Waals surface area contributed by atoms with Gasteiger partial charge in [-0.15, -0.1) is 11.6 Å². The number of unbranched alkanes of at least 4 members (excludes halogenated alkanes) is 1. The van der Waals surface area contributed by atoms with Crippen molar-refractivity contribution in [3.8, 4) is 0 Å². The highest BCUT2D eigenvalue weighted by molar-refractivity contribution is 6.18. The highest BCUT2D eigenvalue weighted by atomic mass is 35.5. The zero-order valence-corrected chi connectivity index (χ0v) is 10.4. The van der Waals surface area contributed by atoms with E-state index in [1.54, 1.807) is 0 Å². The average Bonchev–Trinajstić information content (AvgIpc) is 2.61.